The van der Waals surface area contributed by atoms with Crippen molar-refractivity contribution < 1.29 is 18.3 Å². The number of carbonyl (C=O) groups is 1. The van der Waals surface area contributed by atoms with E-state index in [9.17, 15) is 13.2 Å². The molecule has 12 heavy (non-hydrogen) atoms. The van der Waals surface area contributed by atoms with Gasteiger partial charge in [-0.15, -0.1) is 0 Å². The van der Waals surface area contributed by atoms with E-state index in [4.69, 9.17) is 10.4 Å². The first-order valence-electron chi connectivity index (χ1n) is 3.08. The minimum atomic E-state index is -3.60. The van der Waals surface area contributed by atoms with E-state index < -0.39 is 16.0 Å². The normalized spacial score (nSPS) is 10.2. The lowest BCUT2D eigenvalue weighted by atomic mass is 10.3. The number of rotatable bonds is 5. The molecule has 0 atom stereocenters. The summed E-state index contributed by atoms with van der Waals surface area (Å²) in [5.74, 6) is -1.39. The van der Waals surface area contributed by atoms with Crippen LogP contribution in [0.4, 0.5) is 0 Å². The Bertz CT molecular complexity index is 289. The van der Waals surface area contributed by atoms with Gasteiger partial charge in [0.1, 0.15) is 0 Å². The molecule has 6 nitrogen and oxygen atoms in total. The van der Waals surface area contributed by atoms with Gasteiger partial charge in [-0.3, -0.25) is 4.79 Å². The van der Waals surface area contributed by atoms with Gasteiger partial charge in [-0.05, 0) is 6.42 Å². The summed E-state index contributed by atoms with van der Waals surface area (Å²) in [4.78, 5) is 9.96. The highest BCUT2D eigenvalue weighted by Crippen LogP contribution is 1.93. The Labute approximate surface area is 69.9 Å². The number of nitriles is 1. The van der Waals surface area contributed by atoms with Gasteiger partial charge in [-0.1, -0.05) is 0 Å². The summed E-state index contributed by atoms with van der Waals surface area (Å²) in [5, 5.41) is 16.1. The Balaban J connectivity index is 3.79. The molecule has 0 spiro atoms. The van der Waals surface area contributed by atoms with Crippen LogP contribution in [0.1, 0.15) is 12.8 Å². The third kappa shape index (κ3) is 5.49. The lowest BCUT2D eigenvalue weighted by Gasteiger charge is -1.97. The Morgan fingerprint density at radius 1 is 1.58 bits per heavy atom. The van der Waals surface area contributed by atoms with Crippen molar-refractivity contribution in [3.63, 3.8) is 0 Å². The van der Waals surface area contributed by atoms with Gasteiger partial charge in [0, 0.05) is 6.42 Å². The van der Waals surface area contributed by atoms with Crippen LogP contribution in [0.3, 0.4) is 0 Å². The van der Waals surface area contributed by atoms with Gasteiger partial charge in [0.05, 0.1) is 5.75 Å². The predicted molar refractivity (Wildman–Crippen MR) is 39.4 cm³/mol. The smallest absolute Gasteiger partial charge is 0.303 e. The monoisotopic (exact) mass is 192 g/mol. The standard InChI is InChI=1S/C5H8N2O4S/c6-4-7-12(10,11)3-1-2-5(8)9/h7H,1-3H2,(H,8,9). The Kier molecular flexibility index (Phi) is 4.07. The molecule has 0 heterocycles. The molecule has 0 amide bonds. The van der Waals surface area contributed by atoms with Gasteiger partial charge in [-0.25, -0.2) is 13.1 Å². The molecule has 0 saturated heterocycles. The van der Waals surface area contributed by atoms with Crippen molar-refractivity contribution in [1.82, 2.24) is 4.72 Å². The van der Waals surface area contributed by atoms with E-state index >= 15 is 0 Å². The van der Waals surface area contributed by atoms with E-state index in [-0.39, 0.29) is 18.6 Å². The first kappa shape index (κ1) is 10.7. The molecule has 0 rings (SSSR count). The molecule has 0 aromatic carbocycles. The number of nitrogens with zero attached hydrogens (tertiary/aromatic N) is 1. The maximum atomic E-state index is 10.7. The van der Waals surface area contributed by atoms with Gasteiger partial charge >= 0.3 is 5.97 Å². The highest BCUT2D eigenvalue weighted by molar-refractivity contribution is 7.89. The van der Waals surface area contributed by atoms with Crippen molar-refractivity contribution in [3.8, 4) is 6.19 Å². The summed E-state index contributed by atoms with van der Waals surface area (Å²) in [6, 6.07) is 0. The number of nitrogens with one attached hydrogen (secondary N) is 1. The third-order valence-corrected chi connectivity index (χ3v) is 2.23. The van der Waals surface area contributed by atoms with E-state index in [0.29, 0.717) is 0 Å². The summed E-state index contributed by atoms with van der Waals surface area (Å²) in [6.07, 6.45) is 1.05. The second kappa shape index (κ2) is 4.56. The summed E-state index contributed by atoms with van der Waals surface area (Å²) in [6.45, 7) is 0. The molecule has 0 radical (unpaired) electrons. The summed E-state index contributed by atoms with van der Waals surface area (Å²) >= 11 is 0. The molecular formula is C5H8N2O4S. The Hall–Kier alpha value is -1.29. The zero-order valence-corrected chi connectivity index (χ0v) is 6.97. The van der Waals surface area contributed by atoms with Crippen LogP contribution in [0.25, 0.3) is 0 Å². The zero-order chi connectivity index (χ0) is 9.61. The third-order valence-electron chi connectivity index (χ3n) is 1.00. The second-order valence-electron chi connectivity index (χ2n) is 2.03. The van der Waals surface area contributed by atoms with Crippen molar-refractivity contribution in [2.45, 2.75) is 12.8 Å². The van der Waals surface area contributed by atoms with Crippen LogP contribution in [0.5, 0.6) is 0 Å². The molecule has 0 fully saturated rings. The second-order valence-corrected chi connectivity index (χ2v) is 3.87. The van der Waals surface area contributed by atoms with E-state index in [0.717, 1.165) is 0 Å². The molecule has 2 N–H and O–H groups in total. The fourth-order valence-electron chi connectivity index (χ4n) is 0.534. The molecule has 0 aliphatic rings. The van der Waals surface area contributed by atoms with E-state index in [1.54, 1.807) is 4.72 Å². The number of sulfonamides is 1. The van der Waals surface area contributed by atoms with E-state index in [1.165, 1.54) is 6.19 Å². The molecule has 0 aromatic rings. The number of carboxylic acids is 1. The molecule has 0 aliphatic heterocycles. The van der Waals surface area contributed by atoms with Gasteiger partial charge in [0.25, 0.3) is 0 Å². The summed E-state index contributed by atoms with van der Waals surface area (Å²) in [5.41, 5.74) is 0. The van der Waals surface area contributed by atoms with Crippen LogP contribution in [0.2, 0.25) is 0 Å². The van der Waals surface area contributed by atoms with Crippen LogP contribution in [0.15, 0.2) is 0 Å². The zero-order valence-electron chi connectivity index (χ0n) is 6.15. The minimum Gasteiger partial charge on any atom is -0.481 e. The number of carboxylic acid groups (broad SMARTS) is 1. The Morgan fingerprint density at radius 2 is 2.17 bits per heavy atom. The molecular weight excluding hydrogens is 184 g/mol. The summed E-state index contributed by atoms with van der Waals surface area (Å²) < 4.78 is 23.0. The fourth-order valence-corrected chi connectivity index (χ4v) is 1.30. The van der Waals surface area contributed by atoms with E-state index in [2.05, 4.69) is 0 Å². The number of aliphatic carboxylic acids is 1. The van der Waals surface area contributed by atoms with Crippen LogP contribution in [-0.4, -0.2) is 25.2 Å². The highest BCUT2D eigenvalue weighted by Gasteiger charge is 2.09. The highest BCUT2D eigenvalue weighted by atomic mass is 32.2. The number of hydrogen-bond acceptors (Lipinski definition) is 4. The summed E-state index contributed by atoms with van der Waals surface area (Å²) in [7, 11) is -3.60. The van der Waals surface area contributed by atoms with Crippen molar-refractivity contribution >= 4 is 16.0 Å². The molecule has 0 aliphatic carbocycles. The first-order chi connectivity index (χ1) is 5.48. The number of hydrogen-bond donors (Lipinski definition) is 2. The van der Waals surface area contributed by atoms with Crippen LogP contribution >= 0.6 is 0 Å². The van der Waals surface area contributed by atoms with Crippen molar-refractivity contribution in [2.75, 3.05) is 5.75 Å². The van der Waals surface area contributed by atoms with E-state index in [1.807, 2.05) is 0 Å². The minimum absolute atomic E-state index is 0.00630. The molecule has 0 bridgehead atoms. The molecule has 7 heteroatoms. The largest absolute Gasteiger partial charge is 0.481 e. The lowest BCUT2D eigenvalue weighted by molar-refractivity contribution is -0.137. The topological polar surface area (TPSA) is 107 Å². The first-order valence-corrected chi connectivity index (χ1v) is 4.73. The van der Waals surface area contributed by atoms with Crippen LogP contribution in [0, 0.1) is 11.5 Å². The van der Waals surface area contributed by atoms with Crippen molar-refractivity contribution in [3.05, 3.63) is 0 Å². The van der Waals surface area contributed by atoms with Gasteiger partial charge in [-0.2, -0.15) is 5.26 Å². The van der Waals surface area contributed by atoms with Crippen molar-refractivity contribution in [1.29, 1.82) is 5.26 Å². The van der Waals surface area contributed by atoms with Crippen LogP contribution in [-0.2, 0) is 14.8 Å². The molecule has 0 saturated carbocycles. The van der Waals surface area contributed by atoms with Crippen LogP contribution < -0.4 is 4.72 Å². The lowest BCUT2D eigenvalue weighted by Crippen LogP contribution is -2.21. The molecule has 0 unspecified atom stereocenters. The maximum absolute atomic E-state index is 10.7. The van der Waals surface area contributed by atoms with Gasteiger partial charge < -0.3 is 5.11 Å². The molecule has 68 valence electrons. The van der Waals surface area contributed by atoms with Gasteiger partial charge in [0.2, 0.25) is 10.0 Å². The fraction of sp³-hybridized carbons (Fsp3) is 0.600. The Morgan fingerprint density at radius 3 is 2.58 bits per heavy atom. The predicted octanol–water partition coefficient (Wildman–Crippen LogP) is -0.748. The quantitative estimate of drug-likeness (QED) is 0.440. The average molecular weight is 192 g/mol. The molecule has 0 aromatic heterocycles. The van der Waals surface area contributed by atoms with Gasteiger partial charge in [0.15, 0.2) is 6.19 Å². The van der Waals surface area contributed by atoms with Crippen molar-refractivity contribution in [2.24, 2.45) is 0 Å². The average Bonchev–Trinajstić information content (AvgIpc) is 1.85. The SMILES string of the molecule is N#CNS(=O)(=O)CCCC(=O)O. The maximum Gasteiger partial charge on any atom is 0.303 e.